The van der Waals surface area contributed by atoms with Gasteiger partial charge in [0.05, 0.1) is 9.95 Å². The molecule has 0 radical (unpaired) electrons. The number of rotatable bonds is 2. The fourth-order valence-corrected chi connectivity index (χ4v) is 2.96. The Morgan fingerprint density at radius 1 is 1.45 bits per heavy atom. The van der Waals surface area contributed by atoms with E-state index in [1.807, 2.05) is 4.90 Å². The van der Waals surface area contributed by atoms with Crippen molar-refractivity contribution < 1.29 is 9.55 Å². The van der Waals surface area contributed by atoms with Gasteiger partial charge in [0.2, 0.25) is 5.52 Å². The molecule has 1 aromatic heterocycles. The molecule has 0 N–H and O–H groups in total. The summed E-state index contributed by atoms with van der Waals surface area (Å²) in [5.41, 5.74) is 0.747. The van der Waals surface area contributed by atoms with Gasteiger partial charge in [-0.05, 0) is 42.6 Å². The minimum absolute atomic E-state index is 0.0839. The van der Waals surface area contributed by atoms with E-state index < -0.39 is 4.92 Å². The van der Waals surface area contributed by atoms with Crippen molar-refractivity contribution in [1.82, 2.24) is 10.3 Å². The Balaban J connectivity index is 2.23. The van der Waals surface area contributed by atoms with Crippen LogP contribution in [0.5, 0.6) is 0 Å². The number of piperidine rings is 1. The van der Waals surface area contributed by atoms with Crippen LogP contribution >= 0.6 is 11.6 Å². The van der Waals surface area contributed by atoms with Gasteiger partial charge in [0.1, 0.15) is 5.69 Å². The zero-order valence-corrected chi connectivity index (χ0v) is 11.6. The highest BCUT2D eigenvalue weighted by Gasteiger charge is 2.31. The number of anilines is 1. The summed E-state index contributed by atoms with van der Waals surface area (Å²) in [6.07, 6.45) is 3.14. The van der Waals surface area contributed by atoms with Crippen LogP contribution in [0.3, 0.4) is 0 Å². The van der Waals surface area contributed by atoms with Crippen molar-refractivity contribution in [3.05, 3.63) is 21.2 Å². The zero-order chi connectivity index (χ0) is 14.3. The molecule has 20 heavy (non-hydrogen) atoms. The highest BCUT2D eigenvalue weighted by atomic mass is 35.5. The molecule has 0 bridgehead atoms. The number of hydrogen-bond acceptors (Lipinski definition) is 6. The quantitative estimate of drug-likeness (QED) is 0.625. The maximum Gasteiger partial charge on any atom is 0.323 e. The highest BCUT2D eigenvalue weighted by molar-refractivity contribution is 6.35. The third kappa shape index (κ3) is 1.98. The van der Waals surface area contributed by atoms with E-state index in [1.54, 1.807) is 6.07 Å². The molecular formula is C12H13ClN4O3. The summed E-state index contributed by atoms with van der Waals surface area (Å²) in [5.74, 6) is 0. The molecule has 2 aromatic rings. The maximum absolute atomic E-state index is 11.4. The summed E-state index contributed by atoms with van der Waals surface area (Å²) in [6, 6.07) is 1.82. The summed E-state index contributed by atoms with van der Waals surface area (Å²) < 4.78 is 4.60. The van der Waals surface area contributed by atoms with Crippen LogP contribution in [0.2, 0.25) is 5.02 Å². The molecule has 2 heterocycles. The molecule has 1 atom stereocenters. The van der Waals surface area contributed by atoms with E-state index in [1.165, 1.54) is 0 Å². The number of halogens is 1. The fourth-order valence-electron chi connectivity index (χ4n) is 2.73. The number of hydrogen-bond donors (Lipinski definition) is 0. The summed E-state index contributed by atoms with van der Waals surface area (Å²) in [7, 11) is 0. The molecule has 3 rings (SSSR count). The fraction of sp³-hybridized carbons (Fsp3) is 0.500. The second kappa shape index (κ2) is 4.90. The molecule has 0 spiro atoms. The molecule has 106 valence electrons. The van der Waals surface area contributed by atoms with Crippen molar-refractivity contribution in [2.75, 3.05) is 11.4 Å². The topological polar surface area (TPSA) is 85.3 Å². The van der Waals surface area contributed by atoms with Crippen LogP contribution in [-0.4, -0.2) is 27.8 Å². The lowest BCUT2D eigenvalue weighted by Crippen LogP contribution is -2.37. The lowest BCUT2D eigenvalue weighted by molar-refractivity contribution is -0.382. The van der Waals surface area contributed by atoms with Crippen LogP contribution in [-0.2, 0) is 0 Å². The first-order valence-electron chi connectivity index (χ1n) is 6.45. The third-order valence-electron chi connectivity index (χ3n) is 3.74. The Morgan fingerprint density at radius 3 is 2.90 bits per heavy atom. The molecule has 1 fully saturated rings. The van der Waals surface area contributed by atoms with Crippen LogP contribution in [0.4, 0.5) is 11.4 Å². The van der Waals surface area contributed by atoms with Crippen LogP contribution < -0.4 is 4.90 Å². The predicted molar refractivity (Wildman–Crippen MR) is 74.1 cm³/mol. The Labute approximate surface area is 119 Å². The van der Waals surface area contributed by atoms with E-state index >= 15 is 0 Å². The Bertz CT molecular complexity index is 672. The molecule has 0 unspecified atom stereocenters. The Morgan fingerprint density at radius 2 is 2.20 bits per heavy atom. The van der Waals surface area contributed by atoms with Crippen molar-refractivity contribution in [3.63, 3.8) is 0 Å². The summed E-state index contributed by atoms with van der Waals surface area (Å²) in [5, 5.41) is 19.0. The summed E-state index contributed by atoms with van der Waals surface area (Å²) >= 11 is 6.14. The van der Waals surface area contributed by atoms with E-state index in [9.17, 15) is 10.1 Å². The SMILES string of the molecule is C[C@@H]1CCCCN1c1cc(Cl)c2nonc2c1[N+](=O)[O-]. The highest BCUT2D eigenvalue weighted by Crippen LogP contribution is 2.40. The minimum Gasteiger partial charge on any atom is -0.363 e. The molecule has 8 heteroatoms. The van der Waals surface area contributed by atoms with Crippen LogP contribution in [0.25, 0.3) is 11.0 Å². The van der Waals surface area contributed by atoms with E-state index in [2.05, 4.69) is 21.9 Å². The predicted octanol–water partition coefficient (Wildman–Crippen LogP) is 3.16. The average Bonchev–Trinajstić information content (AvgIpc) is 2.88. The van der Waals surface area contributed by atoms with Crippen molar-refractivity contribution in [1.29, 1.82) is 0 Å². The van der Waals surface area contributed by atoms with Gasteiger partial charge in [0.15, 0.2) is 5.52 Å². The third-order valence-corrected chi connectivity index (χ3v) is 4.03. The number of nitro benzene ring substituents is 1. The first-order valence-corrected chi connectivity index (χ1v) is 6.83. The lowest BCUT2D eigenvalue weighted by Gasteiger charge is -2.34. The minimum atomic E-state index is -0.445. The Kier molecular flexibility index (Phi) is 3.21. The number of aromatic nitrogens is 2. The van der Waals surface area contributed by atoms with Crippen molar-refractivity contribution in [2.45, 2.75) is 32.2 Å². The van der Waals surface area contributed by atoms with Gasteiger partial charge in [0.25, 0.3) is 0 Å². The smallest absolute Gasteiger partial charge is 0.323 e. The molecule has 1 aliphatic heterocycles. The normalized spacial score (nSPS) is 19.5. The van der Waals surface area contributed by atoms with E-state index in [4.69, 9.17) is 11.6 Å². The first-order chi connectivity index (χ1) is 9.59. The van der Waals surface area contributed by atoms with Crippen molar-refractivity contribution in [2.24, 2.45) is 0 Å². The monoisotopic (exact) mass is 296 g/mol. The Hall–Kier alpha value is -1.89. The molecule has 0 amide bonds. The standard InChI is InChI=1S/C12H13ClN4O3/c1-7-4-2-3-5-16(7)9-6-8(13)10-11(15-20-14-10)12(9)17(18)19/h6-7H,2-5H2,1H3/t7-/m1/s1. The van der Waals surface area contributed by atoms with E-state index in [0.29, 0.717) is 10.7 Å². The lowest BCUT2D eigenvalue weighted by atomic mass is 10.0. The van der Waals surface area contributed by atoms with E-state index in [-0.39, 0.29) is 22.8 Å². The number of nitro groups is 1. The number of nitrogens with zero attached hydrogens (tertiary/aromatic N) is 4. The molecule has 7 nitrogen and oxygen atoms in total. The van der Waals surface area contributed by atoms with Gasteiger partial charge in [-0.2, -0.15) is 0 Å². The molecule has 0 aliphatic carbocycles. The molecule has 1 aromatic carbocycles. The van der Waals surface area contributed by atoms with Gasteiger partial charge < -0.3 is 4.90 Å². The van der Waals surface area contributed by atoms with Gasteiger partial charge in [0, 0.05) is 12.6 Å². The summed E-state index contributed by atoms with van der Waals surface area (Å²) in [6.45, 7) is 2.83. The van der Waals surface area contributed by atoms with Crippen molar-refractivity contribution in [3.8, 4) is 0 Å². The van der Waals surface area contributed by atoms with Gasteiger partial charge in [-0.1, -0.05) is 11.6 Å². The number of fused-ring (bicyclic) bond motifs is 1. The largest absolute Gasteiger partial charge is 0.363 e. The van der Waals surface area contributed by atoms with Gasteiger partial charge in [-0.25, -0.2) is 4.63 Å². The molecule has 1 aliphatic rings. The van der Waals surface area contributed by atoms with Crippen molar-refractivity contribution >= 4 is 34.0 Å². The maximum atomic E-state index is 11.4. The van der Waals surface area contributed by atoms with E-state index in [0.717, 1.165) is 25.8 Å². The second-order valence-electron chi connectivity index (χ2n) is 4.98. The van der Waals surface area contributed by atoms with Crippen LogP contribution in [0.1, 0.15) is 26.2 Å². The van der Waals surface area contributed by atoms with Crippen LogP contribution in [0.15, 0.2) is 10.7 Å². The zero-order valence-electron chi connectivity index (χ0n) is 10.9. The van der Waals surface area contributed by atoms with Gasteiger partial charge in [-0.15, -0.1) is 0 Å². The van der Waals surface area contributed by atoms with Crippen LogP contribution in [0, 0.1) is 10.1 Å². The molecule has 1 saturated heterocycles. The molecular weight excluding hydrogens is 284 g/mol. The first kappa shape index (κ1) is 13.1. The van der Waals surface area contributed by atoms with Gasteiger partial charge >= 0.3 is 5.69 Å². The average molecular weight is 297 g/mol. The van der Waals surface area contributed by atoms with Gasteiger partial charge in [-0.3, -0.25) is 10.1 Å². The number of benzene rings is 1. The molecule has 0 saturated carbocycles. The second-order valence-corrected chi connectivity index (χ2v) is 5.39. The summed E-state index contributed by atoms with van der Waals surface area (Å²) in [4.78, 5) is 13.0.